The largest absolute Gasteiger partial charge is 0.370 e. The Labute approximate surface area is 161 Å². The lowest BCUT2D eigenvalue weighted by Crippen LogP contribution is -2.51. The maximum absolute atomic E-state index is 13.2. The Kier molecular flexibility index (Phi) is 5.98. The van der Waals surface area contributed by atoms with Crippen molar-refractivity contribution in [3.05, 3.63) is 102 Å². The highest BCUT2D eigenvalue weighted by Gasteiger charge is 2.32. The van der Waals surface area contributed by atoms with E-state index in [1.807, 2.05) is 6.07 Å². The van der Waals surface area contributed by atoms with Gasteiger partial charge in [0.05, 0.1) is 0 Å². The second kappa shape index (κ2) is 8.60. The Morgan fingerprint density at radius 1 is 0.926 bits per heavy atom. The molecule has 0 radical (unpaired) electrons. The molecule has 1 aromatic heterocycles. The number of hydrogen-bond donors (Lipinski definition) is 1. The number of nitrogens with zero attached hydrogens (tertiary/aromatic N) is 1. The Hall–Kier alpha value is -2.99. The number of carbonyl (C=O) groups excluding carboxylic acids is 1. The van der Waals surface area contributed by atoms with Crippen molar-refractivity contribution in [2.75, 3.05) is 0 Å². The van der Waals surface area contributed by atoms with Gasteiger partial charge in [-0.15, -0.1) is 0 Å². The minimum absolute atomic E-state index is 0.247. The molecule has 0 unspecified atom stereocenters. The molecule has 0 amide bonds. The first-order valence-corrected chi connectivity index (χ1v) is 8.73. The SMILES string of the molecule is O=C(c1ccc(F)cc1)[C@H](C(=S)NCc1ccc(F)cc1)[n+]1ccccc1. The van der Waals surface area contributed by atoms with Crippen LogP contribution in [-0.4, -0.2) is 10.8 Å². The van der Waals surface area contributed by atoms with E-state index in [1.165, 1.54) is 36.4 Å². The molecule has 0 saturated carbocycles. The van der Waals surface area contributed by atoms with E-state index in [9.17, 15) is 13.6 Å². The molecule has 0 saturated heterocycles. The number of aromatic nitrogens is 1. The van der Waals surface area contributed by atoms with E-state index in [4.69, 9.17) is 12.2 Å². The van der Waals surface area contributed by atoms with Crippen molar-refractivity contribution >= 4 is 23.0 Å². The Balaban J connectivity index is 1.83. The zero-order chi connectivity index (χ0) is 19.2. The van der Waals surface area contributed by atoms with Crippen molar-refractivity contribution in [2.24, 2.45) is 0 Å². The van der Waals surface area contributed by atoms with Crippen molar-refractivity contribution in [2.45, 2.75) is 12.6 Å². The topological polar surface area (TPSA) is 33.0 Å². The van der Waals surface area contributed by atoms with Crippen LogP contribution in [-0.2, 0) is 6.54 Å². The molecule has 2 aromatic carbocycles. The molecule has 136 valence electrons. The molecular weight excluding hydrogens is 366 g/mol. The third kappa shape index (κ3) is 4.80. The second-order valence-electron chi connectivity index (χ2n) is 5.94. The average Bonchev–Trinajstić information content (AvgIpc) is 2.69. The summed E-state index contributed by atoms with van der Waals surface area (Å²) in [7, 11) is 0. The van der Waals surface area contributed by atoms with Gasteiger partial charge in [0.15, 0.2) is 17.4 Å². The van der Waals surface area contributed by atoms with Crippen LogP contribution in [0.2, 0.25) is 0 Å². The van der Waals surface area contributed by atoms with Gasteiger partial charge in [-0.3, -0.25) is 4.79 Å². The molecule has 1 atom stereocenters. The zero-order valence-corrected chi connectivity index (χ0v) is 15.1. The molecule has 0 aliphatic rings. The van der Waals surface area contributed by atoms with Crippen LogP contribution in [0.25, 0.3) is 0 Å². The predicted octanol–water partition coefficient (Wildman–Crippen LogP) is 3.79. The van der Waals surface area contributed by atoms with Crippen LogP contribution < -0.4 is 9.88 Å². The highest BCUT2D eigenvalue weighted by atomic mass is 32.1. The molecule has 0 aliphatic heterocycles. The van der Waals surface area contributed by atoms with Crippen molar-refractivity contribution in [3.8, 4) is 0 Å². The maximum Gasteiger partial charge on any atom is 0.270 e. The van der Waals surface area contributed by atoms with Crippen LogP contribution >= 0.6 is 12.2 Å². The van der Waals surface area contributed by atoms with Gasteiger partial charge in [-0.05, 0) is 42.0 Å². The number of ketones is 1. The quantitative estimate of drug-likeness (QED) is 0.399. The Morgan fingerprint density at radius 3 is 2.07 bits per heavy atom. The van der Waals surface area contributed by atoms with Gasteiger partial charge < -0.3 is 5.32 Å². The molecule has 0 fully saturated rings. The molecule has 3 rings (SSSR count). The van der Waals surface area contributed by atoms with Crippen LogP contribution in [0.15, 0.2) is 79.1 Å². The first-order chi connectivity index (χ1) is 13.0. The third-order valence-electron chi connectivity index (χ3n) is 4.04. The molecule has 27 heavy (non-hydrogen) atoms. The molecule has 0 aliphatic carbocycles. The number of Topliss-reactive ketones (excluding diaryl/α,β-unsaturated/α-hetero) is 1. The van der Waals surface area contributed by atoms with Crippen LogP contribution in [0.3, 0.4) is 0 Å². The second-order valence-corrected chi connectivity index (χ2v) is 6.38. The van der Waals surface area contributed by atoms with E-state index in [0.29, 0.717) is 17.1 Å². The molecule has 1 heterocycles. The summed E-state index contributed by atoms with van der Waals surface area (Å²) in [5, 5.41) is 3.07. The molecular formula is C21H17F2N2OS+. The first-order valence-electron chi connectivity index (χ1n) is 8.32. The lowest BCUT2D eigenvalue weighted by molar-refractivity contribution is -0.692. The summed E-state index contributed by atoms with van der Waals surface area (Å²) in [6, 6.07) is 16.1. The summed E-state index contributed by atoms with van der Waals surface area (Å²) in [6.07, 6.45) is 3.50. The van der Waals surface area contributed by atoms with E-state index >= 15 is 0 Å². The fraction of sp³-hybridized carbons (Fsp3) is 0.0952. The van der Waals surface area contributed by atoms with Crippen molar-refractivity contribution < 1.29 is 18.1 Å². The van der Waals surface area contributed by atoms with E-state index in [2.05, 4.69) is 5.32 Å². The van der Waals surface area contributed by atoms with Crippen LogP contribution in [0.1, 0.15) is 22.0 Å². The molecule has 3 nitrogen and oxygen atoms in total. The van der Waals surface area contributed by atoms with E-state index in [0.717, 1.165) is 5.56 Å². The Morgan fingerprint density at radius 2 is 1.48 bits per heavy atom. The van der Waals surface area contributed by atoms with E-state index in [1.54, 1.807) is 41.2 Å². The fourth-order valence-electron chi connectivity index (χ4n) is 2.63. The number of hydrogen-bond acceptors (Lipinski definition) is 2. The minimum Gasteiger partial charge on any atom is -0.370 e. The molecule has 1 N–H and O–H groups in total. The molecule has 6 heteroatoms. The summed E-state index contributed by atoms with van der Waals surface area (Å²) in [4.78, 5) is 13.4. The highest BCUT2D eigenvalue weighted by molar-refractivity contribution is 7.80. The standard InChI is InChI=1S/C21H16F2N2OS/c22-17-8-4-15(5-9-17)14-24-21(27)19(25-12-2-1-3-13-25)20(26)16-6-10-18(23)11-7-16/h1-13,19H,14H2/p+1/t19-/m1/s1. The van der Waals surface area contributed by atoms with E-state index in [-0.39, 0.29) is 11.6 Å². The van der Waals surface area contributed by atoms with Gasteiger partial charge in [0, 0.05) is 24.2 Å². The van der Waals surface area contributed by atoms with Gasteiger partial charge in [0.2, 0.25) is 5.78 Å². The average molecular weight is 383 g/mol. The fourth-order valence-corrected chi connectivity index (χ4v) is 2.94. The lowest BCUT2D eigenvalue weighted by Gasteiger charge is -2.15. The maximum atomic E-state index is 13.2. The number of rotatable bonds is 6. The third-order valence-corrected chi connectivity index (χ3v) is 4.41. The number of nitrogens with one attached hydrogen (secondary N) is 1. The molecule has 3 aromatic rings. The summed E-state index contributed by atoms with van der Waals surface area (Å²) in [5.41, 5.74) is 1.20. The van der Waals surface area contributed by atoms with Crippen molar-refractivity contribution in [3.63, 3.8) is 0 Å². The van der Waals surface area contributed by atoms with Gasteiger partial charge in [-0.1, -0.05) is 30.4 Å². The number of carbonyl (C=O) groups is 1. The molecule has 0 bridgehead atoms. The van der Waals surface area contributed by atoms with Crippen LogP contribution in [0, 0.1) is 11.6 Å². The normalized spacial score (nSPS) is 11.6. The summed E-state index contributed by atoms with van der Waals surface area (Å²) in [6.45, 7) is 0.361. The van der Waals surface area contributed by atoms with Gasteiger partial charge in [-0.25, -0.2) is 8.78 Å². The van der Waals surface area contributed by atoms with Crippen molar-refractivity contribution in [1.82, 2.24) is 5.32 Å². The van der Waals surface area contributed by atoms with Gasteiger partial charge >= 0.3 is 0 Å². The number of thiocarbonyl (C=S) groups is 1. The summed E-state index contributed by atoms with van der Waals surface area (Å²) in [5.74, 6) is -0.971. The van der Waals surface area contributed by atoms with Gasteiger partial charge in [-0.2, -0.15) is 4.57 Å². The number of benzene rings is 2. The highest BCUT2D eigenvalue weighted by Crippen LogP contribution is 2.13. The predicted molar refractivity (Wildman–Crippen MR) is 102 cm³/mol. The van der Waals surface area contributed by atoms with Crippen LogP contribution in [0.4, 0.5) is 8.78 Å². The van der Waals surface area contributed by atoms with Gasteiger partial charge in [0.25, 0.3) is 6.04 Å². The smallest absolute Gasteiger partial charge is 0.270 e. The summed E-state index contributed by atoms with van der Waals surface area (Å²) < 4.78 is 27.9. The minimum atomic E-state index is -0.771. The first kappa shape index (κ1) is 18.8. The molecule has 0 spiro atoms. The zero-order valence-electron chi connectivity index (χ0n) is 14.3. The number of halogens is 2. The van der Waals surface area contributed by atoms with Crippen molar-refractivity contribution in [1.29, 1.82) is 0 Å². The summed E-state index contributed by atoms with van der Waals surface area (Å²) >= 11 is 5.48. The van der Waals surface area contributed by atoms with Gasteiger partial charge in [0.1, 0.15) is 11.6 Å². The monoisotopic (exact) mass is 383 g/mol. The lowest BCUT2D eigenvalue weighted by atomic mass is 10.0. The number of pyridine rings is 1. The van der Waals surface area contributed by atoms with E-state index < -0.39 is 11.9 Å². The van der Waals surface area contributed by atoms with Crippen LogP contribution in [0.5, 0.6) is 0 Å². The Bertz CT molecular complexity index is 929.